The number of isocyanates is 1. The highest BCUT2D eigenvalue weighted by Gasteiger charge is 2.12. The van der Waals surface area contributed by atoms with Gasteiger partial charge >= 0.3 is 0 Å². The Labute approximate surface area is 86.3 Å². The van der Waals surface area contributed by atoms with Gasteiger partial charge in [0.05, 0.1) is 0 Å². The van der Waals surface area contributed by atoms with E-state index in [2.05, 4.69) is 10.1 Å². The molecule has 0 amide bonds. The first-order valence-corrected chi connectivity index (χ1v) is 4.39. The predicted molar refractivity (Wildman–Crippen MR) is 51.6 cm³/mol. The number of halogens is 1. The Hall–Kier alpha value is -1.16. The summed E-state index contributed by atoms with van der Waals surface area (Å²) in [7, 11) is 3.89. The number of aliphatic imine (C=N–C) groups is 1. The van der Waals surface area contributed by atoms with Crippen molar-refractivity contribution in [2.75, 3.05) is 20.6 Å². The van der Waals surface area contributed by atoms with E-state index in [-0.39, 0.29) is 10.9 Å². The first-order chi connectivity index (χ1) is 6.65. The molecule has 0 N–H and O–H groups in total. The van der Waals surface area contributed by atoms with E-state index in [0.717, 1.165) is 6.54 Å². The Morgan fingerprint density at radius 1 is 1.64 bits per heavy atom. The molecule has 0 spiro atoms. The minimum Gasteiger partial charge on any atom is -0.334 e. The summed E-state index contributed by atoms with van der Waals surface area (Å²) in [6, 6.07) is 0. The van der Waals surface area contributed by atoms with Crippen LogP contribution in [0.15, 0.2) is 9.52 Å². The molecule has 14 heavy (non-hydrogen) atoms. The van der Waals surface area contributed by atoms with Crippen molar-refractivity contribution in [3.8, 4) is 0 Å². The molecule has 76 valence electrons. The highest BCUT2D eigenvalue weighted by atomic mass is 35.5. The van der Waals surface area contributed by atoms with E-state index in [9.17, 15) is 4.79 Å². The zero-order valence-corrected chi connectivity index (χ0v) is 8.71. The molecule has 6 heteroatoms. The van der Waals surface area contributed by atoms with Gasteiger partial charge in [-0.1, -0.05) is 16.8 Å². The van der Waals surface area contributed by atoms with Crippen LogP contribution in [0.1, 0.15) is 5.69 Å². The lowest BCUT2D eigenvalue weighted by molar-refractivity contribution is 0.392. The molecule has 0 fully saturated rings. The number of hydrogen-bond donors (Lipinski definition) is 0. The van der Waals surface area contributed by atoms with E-state index in [4.69, 9.17) is 16.1 Å². The van der Waals surface area contributed by atoms with Gasteiger partial charge in [0.2, 0.25) is 6.08 Å². The normalized spacial score (nSPS) is 10.3. The highest BCUT2D eigenvalue weighted by molar-refractivity contribution is 6.33. The topological polar surface area (TPSA) is 58.7 Å². The Morgan fingerprint density at radius 2 is 2.36 bits per heavy atom. The SMILES string of the molecule is CN(C)CCc1noc(N=C=O)c1Cl. The second-order valence-electron chi connectivity index (χ2n) is 3.00. The minimum atomic E-state index is 0.0235. The molecular formula is C8H10ClN3O2. The molecule has 0 aliphatic rings. The molecule has 1 aromatic rings. The van der Waals surface area contributed by atoms with Crippen molar-refractivity contribution in [3.63, 3.8) is 0 Å². The fourth-order valence-corrected chi connectivity index (χ4v) is 1.10. The smallest absolute Gasteiger partial charge is 0.280 e. The van der Waals surface area contributed by atoms with Gasteiger partial charge in [0.15, 0.2) is 0 Å². The number of carbonyl (C=O) groups excluding carboxylic acids is 1. The van der Waals surface area contributed by atoms with Crippen molar-refractivity contribution in [1.82, 2.24) is 10.1 Å². The van der Waals surface area contributed by atoms with Crippen LogP contribution in [0.2, 0.25) is 5.02 Å². The van der Waals surface area contributed by atoms with E-state index >= 15 is 0 Å². The Morgan fingerprint density at radius 3 is 2.93 bits per heavy atom. The molecule has 5 nitrogen and oxygen atoms in total. The van der Waals surface area contributed by atoms with Gasteiger partial charge in [0.25, 0.3) is 5.88 Å². The van der Waals surface area contributed by atoms with Crippen LogP contribution in [-0.2, 0) is 11.2 Å². The predicted octanol–water partition coefficient (Wildman–Crippen LogP) is 1.40. The van der Waals surface area contributed by atoms with Crippen LogP contribution >= 0.6 is 11.6 Å². The Bertz CT molecular complexity index is 355. The van der Waals surface area contributed by atoms with Crippen LogP contribution in [0.25, 0.3) is 0 Å². The largest absolute Gasteiger partial charge is 0.334 e. The molecule has 0 aliphatic heterocycles. The van der Waals surface area contributed by atoms with Gasteiger partial charge in [0, 0.05) is 13.0 Å². The van der Waals surface area contributed by atoms with Crippen molar-refractivity contribution >= 4 is 23.6 Å². The summed E-state index contributed by atoms with van der Waals surface area (Å²) in [6.45, 7) is 0.802. The molecule has 0 aromatic carbocycles. The number of aromatic nitrogens is 1. The summed E-state index contributed by atoms with van der Waals surface area (Å²) < 4.78 is 4.74. The summed E-state index contributed by atoms with van der Waals surface area (Å²) >= 11 is 5.84. The van der Waals surface area contributed by atoms with Crippen LogP contribution in [0.5, 0.6) is 0 Å². The molecule has 0 bridgehead atoms. The van der Waals surface area contributed by atoms with Crippen molar-refractivity contribution in [1.29, 1.82) is 0 Å². The average Bonchev–Trinajstić information content (AvgIpc) is 2.46. The van der Waals surface area contributed by atoms with Crippen molar-refractivity contribution in [2.45, 2.75) is 6.42 Å². The van der Waals surface area contributed by atoms with Gasteiger partial charge in [-0.3, -0.25) is 0 Å². The summed E-state index contributed by atoms with van der Waals surface area (Å²) in [4.78, 5) is 15.2. The average molecular weight is 216 g/mol. The summed E-state index contributed by atoms with van der Waals surface area (Å²) in [6.07, 6.45) is 2.01. The van der Waals surface area contributed by atoms with Crippen LogP contribution in [0, 0.1) is 0 Å². The highest BCUT2D eigenvalue weighted by Crippen LogP contribution is 2.28. The zero-order chi connectivity index (χ0) is 10.6. The molecule has 1 rings (SSSR count). The maximum atomic E-state index is 9.96. The zero-order valence-electron chi connectivity index (χ0n) is 7.95. The quantitative estimate of drug-likeness (QED) is 0.563. The van der Waals surface area contributed by atoms with Gasteiger partial charge in [-0.2, -0.15) is 0 Å². The Balaban J connectivity index is 2.74. The molecule has 0 saturated carbocycles. The maximum absolute atomic E-state index is 9.96. The van der Waals surface area contributed by atoms with E-state index in [1.165, 1.54) is 6.08 Å². The van der Waals surface area contributed by atoms with Gasteiger partial charge in [-0.05, 0) is 14.1 Å². The molecule has 0 unspecified atom stereocenters. The second kappa shape index (κ2) is 4.91. The third kappa shape index (κ3) is 2.67. The van der Waals surface area contributed by atoms with Gasteiger partial charge in [-0.25, -0.2) is 4.79 Å². The third-order valence-corrected chi connectivity index (χ3v) is 2.01. The van der Waals surface area contributed by atoms with E-state index in [0.29, 0.717) is 12.1 Å². The first kappa shape index (κ1) is 10.9. The molecule has 0 saturated heterocycles. The van der Waals surface area contributed by atoms with Crippen LogP contribution in [0.3, 0.4) is 0 Å². The minimum absolute atomic E-state index is 0.0235. The van der Waals surface area contributed by atoms with Crippen LogP contribution in [0.4, 0.5) is 5.88 Å². The molecule has 1 heterocycles. The van der Waals surface area contributed by atoms with Crippen LogP contribution in [-0.4, -0.2) is 36.8 Å². The standard InChI is InChI=1S/C8H10ClN3O2/c1-12(2)4-3-6-7(9)8(10-5-13)14-11-6/h3-4H2,1-2H3. The van der Waals surface area contributed by atoms with Gasteiger partial charge in [0.1, 0.15) is 10.7 Å². The summed E-state index contributed by atoms with van der Waals surface area (Å²) in [5, 5.41) is 3.99. The third-order valence-electron chi connectivity index (χ3n) is 1.63. The molecule has 0 aliphatic carbocycles. The van der Waals surface area contributed by atoms with Crippen LogP contribution < -0.4 is 0 Å². The first-order valence-electron chi connectivity index (χ1n) is 4.01. The van der Waals surface area contributed by atoms with E-state index in [1.807, 2.05) is 19.0 Å². The lowest BCUT2D eigenvalue weighted by Gasteiger charge is -2.06. The number of likely N-dealkylation sites (N-methyl/N-ethyl adjacent to an activating group) is 1. The second-order valence-corrected chi connectivity index (χ2v) is 3.38. The fraction of sp³-hybridized carbons (Fsp3) is 0.500. The maximum Gasteiger partial charge on any atom is 0.280 e. The van der Waals surface area contributed by atoms with Crippen molar-refractivity contribution in [2.24, 2.45) is 4.99 Å². The van der Waals surface area contributed by atoms with Crippen molar-refractivity contribution in [3.05, 3.63) is 10.7 Å². The molecular weight excluding hydrogens is 206 g/mol. The van der Waals surface area contributed by atoms with Gasteiger partial charge < -0.3 is 9.42 Å². The van der Waals surface area contributed by atoms with Gasteiger partial charge in [-0.15, -0.1) is 4.99 Å². The molecule has 0 atom stereocenters. The number of hydrogen-bond acceptors (Lipinski definition) is 5. The van der Waals surface area contributed by atoms with E-state index in [1.54, 1.807) is 0 Å². The summed E-state index contributed by atoms with van der Waals surface area (Å²) in [5.74, 6) is 0.0235. The monoisotopic (exact) mass is 215 g/mol. The number of rotatable bonds is 4. The van der Waals surface area contributed by atoms with E-state index < -0.39 is 0 Å². The lowest BCUT2D eigenvalue weighted by atomic mass is 10.3. The molecule has 1 aromatic heterocycles. The lowest BCUT2D eigenvalue weighted by Crippen LogP contribution is -2.15. The number of nitrogens with zero attached hydrogens (tertiary/aromatic N) is 3. The Kier molecular flexibility index (Phi) is 3.83. The molecule has 0 radical (unpaired) electrons. The summed E-state index contributed by atoms with van der Waals surface area (Å²) in [5.41, 5.74) is 0.606. The fourth-order valence-electron chi connectivity index (χ4n) is 0.898. The van der Waals surface area contributed by atoms with Crippen molar-refractivity contribution < 1.29 is 9.32 Å².